The Kier molecular flexibility index (Phi) is 5.46. The van der Waals surface area contributed by atoms with Crippen LogP contribution in [0, 0.1) is 20.8 Å². The molecule has 0 saturated heterocycles. The Morgan fingerprint density at radius 2 is 1.74 bits per heavy atom. The SMILES string of the molecule is Cc1cc(C)nc(SCC(=O)Nc2c(C)n(C)n(-c3ccccc3)c2=O)n1. The minimum Gasteiger partial charge on any atom is -0.319 e. The standard InChI is InChI=1S/C19H21N5O2S/c1-12-10-13(2)21-19(20-12)27-11-16(25)22-17-14(3)23(4)24(18(17)26)15-8-6-5-7-9-15/h5-10H,11H2,1-4H3,(H,22,25). The number of carbonyl (C=O) groups excluding carboxylic acids is 1. The van der Waals surface area contributed by atoms with Crippen LogP contribution in [0.5, 0.6) is 0 Å². The number of carbonyl (C=O) groups is 1. The average molecular weight is 383 g/mol. The first-order chi connectivity index (χ1) is 12.9. The number of benzene rings is 1. The first kappa shape index (κ1) is 18.9. The van der Waals surface area contributed by atoms with E-state index in [0.29, 0.717) is 10.9 Å². The van der Waals surface area contributed by atoms with Crippen molar-refractivity contribution in [1.82, 2.24) is 19.3 Å². The van der Waals surface area contributed by atoms with Crippen LogP contribution in [0.1, 0.15) is 17.1 Å². The average Bonchev–Trinajstić information content (AvgIpc) is 2.83. The highest BCUT2D eigenvalue weighted by Crippen LogP contribution is 2.17. The van der Waals surface area contributed by atoms with E-state index in [0.717, 1.165) is 17.1 Å². The van der Waals surface area contributed by atoms with Crippen molar-refractivity contribution in [1.29, 1.82) is 0 Å². The zero-order valence-electron chi connectivity index (χ0n) is 15.7. The molecule has 7 nitrogen and oxygen atoms in total. The van der Waals surface area contributed by atoms with Gasteiger partial charge in [0.05, 0.1) is 17.1 Å². The van der Waals surface area contributed by atoms with Crippen molar-refractivity contribution in [2.24, 2.45) is 7.05 Å². The van der Waals surface area contributed by atoms with E-state index in [-0.39, 0.29) is 22.9 Å². The summed E-state index contributed by atoms with van der Waals surface area (Å²) in [5.41, 5.74) is 3.16. The van der Waals surface area contributed by atoms with Crippen molar-refractivity contribution in [3.05, 3.63) is 63.8 Å². The summed E-state index contributed by atoms with van der Waals surface area (Å²) in [6.07, 6.45) is 0. The number of anilines is 1. The van der Waals surface area contributed by atoms with Gasteiger partial charge >= 0.3 is 0 Å². The van der Waals surface area contributed by atoms with Gasteiger partial charge in [0, 0.05) is 18.4 Å². The van der Waals surface area contributed by atoms with E-state index in [1.807, 2.05) is 50.2 Å². The van der Waals surface area contributed by atoms with Crippen LogP contribution < -0.4 is 10.9 Å². The summed E-state index contributed by atoms with van der Waals surface area (Å²) in [6.45, 7) is 5.58. The second-order valence-corrected chi connectivity index (χ2v) is 7.15. The number of nitrogens with one attached hydrogen (secondary N) is 1. The summed E-state index contributed by atoms with van der Waals surface area (Å²) in [5, 5.41) is 3.29. The summed E-state index contributed by atoms with van der Waals surface area (Å²) in [6, 6.07) is 11.2. The lowest BCUT2D eigenvalue weighted by Gasteiger charge is -2.07. The number of amides is 1. The highest BCUT2D eigenvalue weighted by atomic mass is 32.2. The molecule has 1 N–H and O–H groups in total. The Morgan fingerprint density at radius 1 is 1.11 bits per heavy atom. The van der Waals surface area contributed by atoms with Crippen LogP contribution in [-0.2, 0) is 11.8 Å². The quantitative estimate of drug-likeness (QED) is 0.541. The highest BCUT2D eigenvalue weighted by Gasteiger charge is 2.18. The van der Waals surface area contributed by atoms with Crippen molar-refractivity contribution in [2.45, 2.75) is 25.9 Å². The molecule has 1 aromatic carbocycles. The van der Waals surface area contributed by atoms with Gasteiger partial charge in [-0.25, -0.2) is 14.6 Å². The minimum absolute atomic E-state index is 0.127. The smallest absolute Gasteiger partial charge is 0.295 e. The first-order valence-electron chi connectivity index (χ1n) is 8.46. The minimum atomic E-state index is -0.270. The van der Waals surface area contributed by atoms with E-state index in [1.165, 1.54) is 16.4 Å². The van der Waals surface area contributed by atoms with Gasteiger partial charge in [0.1, 0.15) is 5.69 Å². The Labute approximate surface area is 161 Å². The van der Waals surface area contributed by atoms with Crippen molar-refractivity contribution in [2.75, 3.05) is 11.1 Å². The summed E-state index contributed by atoms with van der Waals surface area (Å²) in [5.74, 6) is -0.143. The highest BCUT2D eigenvalue weighted by molar-refractivity contribution is 7.99. The van der Waals surface area contributed by atoms with Crippen LogP contribution in [-0.4, -0.2) is 31.0 Å². The lowest BCUT2D eigenvalue weighted by atomic mass is 10.3. The van der Waals surface area contributed by atoms with Crippen LogP contribution >= 0.6 is 11.8 Å². The summed E-state index contributed by atoms with van der Waals surface area (Å²) < 4.78 is 3.26. The molecule has 0 unspecified atom stereocenters. The fourth-order valence-electron chi connectivity index (χ4n) is 2.78. The number of aryl methyl sites for hydroxylation is 2. The third-order valence-electron chi connectivity index (χ3n) is 4.11. The number of aromatic nitrogens is 4. The van der Waals surface area contributed by atoms with Crippen LogP contribution in [0.4, 0.5) is 5.69 Å². The van der Waals surface area contributed by atoms with Crippen LogP contribution in [0.3, 0.4) is 0 Å². The number of hydrogen-bond donors (Lipinski definition) is 1. The molecule has 2 heterocycles. The van der Waals surface area contributed by atoms with E-state index in [9.17, 15) is 9.59 Å². The van der Waals surface area contributed by atoms with E-state index < -0.39 is 0 Å². The molecular formula is C19H21N5O2S. The van der Waals surface area contributed by atoms with E-state index in [1.54, 1.807) is 18.7 Å². The van der Waals surface area contributed by atoms with Crippen molar-refractivity contribution in [3.63, 3.8) is 0 Å². The Balaban J connectivity index is 1.77. The van der Waals surface area contributed by atoms with E-state index >= 15 is 0 Å². The molecule has 27 heavy (non-hydrogen) atoms. The number of rotatable bonds is 5. The maximum Gasteiger partial charge on any atom is 0.295 e. The molecule has 0 aliphatic heterocycles. The predicted octanol–water partition coefficient (Wildman–Crippen LogP) is 2.62. The van der Waals surface area contributed by atoms with Crippen molar-refractivity contribution in [3.8, 4) is 5.69 Å². The normalized spacial score (nSPS) is 10.8. The summed E-state index contributed by atoms with van der Waals surface area (Å²) in [7, 11) is 1.79. The third-order valence-corrected chi connectivity index (χ3v) is 4.96. The van der Waals surface area contributed by atoms with Gasteiger partial charge in [0.25, 0.3) is 5.56 Å². The van der Waals surface area contributed by atoms with Crippen LogP contribution in [0.25, 0.3) is 5.69 Å². The van der Waals surface area contributed by atoms with Crippen LogP contribution in [0.2, 0.25) is 0 Å². The fraction of sp³-hybridized carbons (Fsp3) is 0.263. The molecule has 0 fully saturated rings. The topological polar surface area (TPSA) is 81.8 Å². The van der Waals surface area contributed by atoms with Crippen molar-refractivity contribution >= 4 is 23.4 Å². The zero-order valence-corrected chi connectivity index (χ0v) is 16.5. The zero-order chi connectivity index (χ0) is 19.6. The molecule has 0 saturated carbocycles. The number of nitrogens with zero attached hydrogens (tertiary/aromatic N) is 4. The number of para-hydroxylation sites is 1. The predicted molar refractivity (Wildman–Crippen MR) is 107 cm³/mol. The molecule has 1 amide bonds. The van der Waals surface area contributed by atoms with Gasteiger partial charge < -0.3 is 5.32 Å². The largest absolute Gasteiger partial charge is 0.319 e. The van der Waals surface area contributed by atoms with Gasteiger partial charge in [-0.1, -0.05) is 30.0 Å². The summed E-state index contributed by atoms with van der Waals surface area (Å²) in [4.78, 5) is 33.8. The van der Waals surface area contributed by atoms with Gasteiger partial charge in [0.15, 0.2) is 5.16 Å². The Hall–Kier alpha value is -2.87. The second kappa shape index (κ2) is 7.79. The molecule has 0 bridgehead atoms. The number of thioether (sulfide) groups is 1. The second-order valence-electron chi connectivity index (χ2n) is 6.21. The fourth-order valence-corrected chi connectivity index (χ4v) is 3.53. The van der Waals surface area contributed by atoms with Gasteiger partial charge in [-0.05, 0) is 39.0 Å². The molecule has 3 aromatic rings. The van der Waals surface area contributed by atoms with E-state index in [2.05, 4.69) is 15.3 Å². The lowest BCUT2D eigenvalue weighted by Crippen LogP contribution is -2.23. The summed E-state index contributed by atoms with van der Waals surface area (Å²) >= 11 is 1.25. The molecule has 140 valence electrons. The third kappa shape index (κ3) is 4.11. The monoisotopic (exact) mass is 383 g/mol. The van der Waals surface area contributed by atoms with Gasteiger partial charge in [-0.2, -0.15) is 0 Å². The molecule has 0 atom stereocenters. The maximum absolute atomic E-state index is 12.8. The van der Waals surface area contributed by atoms with E-state index in [4.69, 9.17) is 0 Å². The molecule has 3 rings (SSSR count). The molecule has 2 aromatic heterocycles. The van der Waals surface area contributed by atoms with Gasteiger partial charge in [0.2, 0.25) is 5.91 Å². The molecule has 0 radical (unpaired) electrons. The lowest BCUT2D eigenvalue weighted by molar-refractivity contribution is -0.113. The molecule has 0 aliphatic carbocycles. The molecule has 0 aliphatic rings. The molecule has 8 heteroatoms. The van der Waals surface area contributed by atoms with Gasteiger partial charge in [-0.3, -0.25) is 14.3 Å². The Bertz CT molecular complexity index is 1020. The number of hydrogen-bond acceptors (Lipinski definition) is 5. The Morgan fingerprint density at radius 3 is 2.37 bits per heavy atom. The molecule has 0 spiro atoms. The maximum atomic E-state index is 12.8. The van der Waals surface area contributed by atoms with Crippen LogP contribution in [0.15, 0.2) is 46.3 Å². The first-order valence-corrected chi connectivity index (χ1v) is 9.44. The van der Waals surface area contributed by atoms with Crippen molar-refractivity contribution < 1.29 is 4.79 Å². The molecular weight excluding hydrogens is 362 g/mol. The van der Waals surface area contributed by atoms with Gasteiger partial charge in [-0.15, -0.1) is 0 Å².